The van der Waals surface area contributed by atoms with Gasteiger partial charge in [-0.1, -0.05) is 110 Å². The molecule has 0 bridgehead atoms. The second-order valence-corrected chi connectivity index (χ2v) is 13.7. The zero-order chi connectivity index (χ0) is 30.8. The maximum absolute atomic E-state index is 12.5. The highest BCUT2D eigenvalue weighted by Crippen LogP contribution is 2.43. The number of esters is 2. The molecule has 0 heterocycles. The van der Waals surface area contributed by atoms with Gasteiger partial charge in [-0.2, -0.15) is 0 Å². The Hall–Kier alpha value is -0.990. The van der Waals surface area contributed by atoms with Crippen LogP contribution in [0.5, 0.6) is 0 Å². The van der Waals surface area contributed by atoms with Crippen LogP contribution in [0, 0.1) is 0 Å². The van der Waals surface area contributed by atoms with Crippen molar-refractivity contribution in [1.29, 1.82) is 0 Å². The lowest BCUT2D eigenvalue weighted by Gasteiger charge is -2.24. The predicted octanol–water partition coefficient (Wildman–Crippen LogP) is 7.73. The molecule has 2 atom stereocenters. The number of ether oxygens (including phenoxy) is 2. The average Bonchev–Trinajstić information content (AvgIpc) is 2.90. The molecule has 0 saturated carbocycles. The Balaban J connectivity index is 4.49. The largest absolute Gasteiger partial charge is 0.472 e. The van der Waals surface area contributed by atoms with E-state index in [0.29, 0.717) is 23.9 Å². The smallest absolute Gasteiger partial charge is 0.462 e. The molecule has 0 aromatic heterocycles. The van der Waals surface area contributed by atoms with E-state index < -0.39 is 26.5 Å². The molecule has 0 aromatic carbocycles. The number of likely N-dealkylation sites (N-methyl/N-ethyl adjacent to an activating group) is 1. The maximum Gasteiger partial charge on any atom is 0.472 e. The van der Waals surface area contributed by atoms with E-state index in [-0.39, 0.29) is 25.6 Å². The number of rotatable bonds is 29. The minimum atomic E-state index is -4.34. The highest BCUT2D eigenvalue weighted by molar-refractivity contribution is 7.47. The van der Waals surface area contributed by atoms with Gasteiger partial charge in [-0.05, 0) is 12.8 Å². The second kappa shape index (κ2) is 25.5. The first-order valence-corrected chi connectivity index (χ1v) is 17.8. The van der Waals surface area contributed by atoms with Crippen molar-refractivity contribution >= 4 is 19.8 Å². The molecule has 0 amide bonds. The van der Waals surface area contributed by atoms with Crippen LogP contribution in [0.15, 0.2) is 0 Å². The van der Waals surface area contributed by atoms with Crippen LogP contribution >= 0.6 is 7.82 Å². The molecule has 0 rings (SSSR count). The summed E-state index contributed by atoms with van der Waals surface area (Å²) in [6, 6.07) is 0. The summed E-state index contributed by atoms with van der Waals surface area (Å²) in [5, 5.41) is 0. The van der Waals surface area contributed by atoms with E-state index in [1.807, 2.05) is 21.1 Å². The summed E-state index contributed by atoms with van der Waals surface area (Å²) < 4.78 is 33.8. The molecule has 0 aliphatic heterocycles. The Kier molecular flexibility index (Phi) is 24.9. The van der Waals surface area contributed by atoms with Crippen molar-refractivity contribution in [2.24, 2.45) is 0 Å². The van der Waals surface area contributed by atoms with E-state index in [9.17, 15) is 19.0 Å². The number of carbonyl (C=O) groups excluding carboxylic acids is 2. The lowest BCUT2D eigenvalue weighted by molar-refractivity contribution is -0.870. The van der Waals surface area contributed by atoms with E-state index >= 15 is 0 Å². The van der Waals surface area contributed by atoms with Gasteiger partial charge in [0.1, 0.15) is 19.8 Å². The summed E-state index contributed by atoms with van der Waals surface area (Å²) in [6.07, 6.45) is 18.9. The third-order valence-corrected chi connectivity index (χ3v) is 7.87. The van der Waals surface area contributed by atoms with Gasteiger partial charge in [-0.15, -0.1) is 0 Å². The summed E-state index contributed by atoms with van der Waals surface area (Å²) in [4.78, 5) is 34.7. The lowest BCUT2D eigenvalue weighted by atomic mass is 10.1. The predicted molar refractivity (Wildman–Crippen MR) is 165 cm³/mol. The number of carbonyl (C=O) groups is 2. The van der Waals surface area contributed by atoms with Crippen LogP contribution in [-0.4, -0.2) is 74.9 Å². The number of quaternary nitrogens is 1. The quantitative estimate of drug-likeness (QED) is 0.0398. The number of hydrogen-bond acceptors (Lipinski definition) is 7. The number of phosphoric acid groups is 1. The standard InChI is InChI=1S/C31H62NO8P/c1-6-8-10-12-14-15-16-17-18-20-22-24-31(34)40-29(27-37-30(33)23-21-19-13-11-9-7-2)28-39-41(35,36)38-26-25-32(3,4)5/h29H,6-28H2,1-5H3/p+1/t29-/m1/s1. The van der Waals surface area contributed by atoms with Crippen LogP contribution < -0.4 is 0 Å². The fourth-order valence-electron chi connectivity index (χ4n) is 4.25. The zero-order valence-corrected chi connectivity index (χ0v) is 27.9. The summed E-state index contributed by atoms with van der Waals surface area (Å²) in [7, 11) is 1.48. The first kappa shape index (κ1) is 40.0. The number of hydrogen-bond donors (Lipinski definition) is 1. The van der Waals surface area contributed by atoms with Gasteiger partial charge in [0.05, 0.1) is 27.7 Å². The van der Waals surface area contributed by atoms with Crippen molar-refractivity contribution in [3.8, 4) is 0 Å². The summed E-state index contributed by atoms with van der Waals surface area (Å²) >= 11 is 0. The van der Waals surface area contributed by atoms with E-state index in [1.165, 1.54) is 64.2 Å². The molecule has 1 unspecified atom stereocenters. The Morgan fingerprint density at radius 1 is 0.659 bits per heavy atom. The third kappa shape index (κ3) is 28.9. The van der Waals surface area contributed by atoms with Crippen molar-refractivity contribution in [2.45, 2.75) is 142 Å². The van der Waals surface area contributed by atoms with E-state index in [0.717, 1.165) is 38.5 Å². The zero-order valence-electron chi connectivity index (χ0n) is 27.0. The molecule has 1 N–H and O–H groups in total. The molecule has 0 aliphatic carbocycles. The van der Waals surface area contributed by atoms with E-state index in [1.54, 1.807) is 0 Å². The highest BCUT2D eigenvalue weighted by atomic mass is 31.2. The Bertz CT molecular complexity index is 698. The molecule has 244 valence electrons. The second-order valence-electron chi connectivity index (χ2n) is 12.2. The van der Waals surface area contributed by atoms with Crippen molar-refractivity contribution in [3.05, 3.63) is 0 Å². The van der Waals surface area contributed by atoms with Gasteiger partial charge in [-0.3, -0.25) is 18.6 Å². The average molecular weight is 609 g/mol. The van der Waals surface area contributed by atoms with E-state index in [4.69, 9.17) is 18.5 Å². The molecular formula is C31H63NO8P+. The van der Waals surface area contributed by atoms with Gasteiger partial charge < -0.3 is 18.9 Å². The first-order valence-electron chi connectivity index (χ1n) is 16.3. The molecule has 0 spiro atoms. The minimum absolute atomic E-state index is 0.0355. The molecule has 9 nitrogen and oxygen atoms in total. The molecular weight excluding hydrogens is 545 g/mol. The van der Waals surface area contributed by atoms with Crippen molar-refractivity contribution < 1.29 is 42.1 Å². The van der Waals surface area contributed by atoms with Gasteiger partial charge in [0.15, 0.2) is 6.10 Å². The molecule has 10 heteroatoms. The van der Waals surface area contributed by atoms with Gasteiger partial charge in [-0.25, -0.2) is 4.57 Å². The van der Waals surface area contributed by atoms with Crippen LogP contribution in [0.3, 0.4) is 0 Å². The molecule has 0 aromatic rings. The lowest BCUT2D eigenvalue weighted by Crippen LogP contribution is -2.37. The SMILES string of the molecule is CCCCCCCCCCCCCC(=O)O[C@H](COC(=O)CCCCCCCC)COP(=O)(O)OCC[N+](C)(C)C. The number of nitrogens with zero attached hydrogens (tertiary/aromatic N) is 1. The molecule has 0 aliphatic rings. The van der Waals surface area contributed by atoms with Gasteiger partial charge in [0.2, 0.25) is 0 Å². The van der Waals surface area contributed by atoms with Crippen LogP contribution in [-0.2, 0) is 32.7 Å². The highest BCUT2D eigenvalue weighted by Gasteiger charge is 2.27. The molecule has 41 heavy (non-hydrogen) atoms. The van der Waals surface area contributed by atoms with Crippen LogP contribution in [0.25, 0.3) is 0 Å². The van der Waals surface area contributed by atoms with E-state index in [2.05, 4.69) is 13.8 Å². The fraction of sp³-hybridized carbons (Fsp3) is 0.935. The molecule has 0 fully saturated rings. The topological polar surface area (TPSA) is 108 Å². The number of phosphoric ester groups is 1. The van der Waals surface area contributed by atoms with Gasteiger partial charge in [0.25, 0.3) is 0 Å². The summed E-state index contributed by atoms with van der Waals surface area (Å²) in [5.41, 5.74) is 0. The normalized spacial score (nSPS) is 14.0. The van der Waals surface area contributed by atoms with Crippen molar-refractivity contribution in [1.82, 2.24) is 0 Å². The Morgan fingerprint density at radius 2 is 1.10 bits per heavy atom. The van der Waals surface area contributed by atoms with Crippen LogP contribution in [0.4, 0.5) is 0 Å². The Labute approximate surface area is 251 Å². The molecule has 0 radical (unpaired) electrons. The Morgan fingerprint density at radius 3 is 1.56 bits per heavy atom. The first-order chi connectivity index (χ1) is 19.5. The maximum atomic E-state index is 12.5. The summed E-state index contributed by atoms with van der Waals surface area (Å²) in [5.74, 6) is -0.807. The minimum Gasteiger partial charge on any atom is -0.462 e. The summed E-state index contributed by atoms with van der Waals surface area (Å²) in [6.45, 7) is 4.32. The van der Waals surface area contributed by atoms with Gasteiger partial charge >= 0.3 is 19.8 Å². The van der Waals surface area contributed by atoms with Crippen molar-refractivity contribution in [3.63, 3.8) is 0 Å². The third-order valence-electron chi connectivity index (χ3n) is 6.89. The monoisotopic (exact) mass is 608 g/mol. The van der Waals surface area contributed by atoms with Crippen LogP contribution in [0.2, 0.25) is 0 Å². The number of unbranched alkanes of at least 4 members (excludes halogenated alkanes) is 15. The molecule has 0 saturated heterocycles. The fourth-order valence-corrected chi connectivity index (χ4v) is 4.99. The van der Waals surface area contributed by atoms with Crippen LogP contribution in [0.1, 0.15) is 136 Å². The van der Waals surface area contributed by atoms with Crippen molar-refractivity contribution in [2.75, 3.05) is 47.5 Å². The van der Waals surface area contributed by atoms with Gasteiger partial charge in [0, 0.05) is 12.8 Å².